The molecule has 0 heterocycles. The summed E-state index contributed by atoms with van der Waals surface area (Å²) in [5.41, 5.74) is 5.87. The summed E-state index contributed by atoms with van der Waals surface area (Å²) >= 11 is 5.93. The van der Waals surface area contributed by atoms with E-state index in [0.29, 0.717) is 29.4 Å². The number of rotatable bonds is 7. The first kappa shape index (κ1) is 19.0. The summed E-state index contributed by atoms with van der Waals surface area (Å²) < 4.78 is 5.61. The van der Waals surface area contributed by atoms with Crippen LogP contribution in [-0.4, -0.2) is 25.1 Å². The molecule has 1 rings (SSSR count). The number of benzene rings is 1. The standard InChI is InChI=1S/C14H21ClN2O2.ClH/c1-10(2)19-13-6-5-11(15)9-12(13)14(18)17-8-4-3-7-16;/h5-6,9-10H,3-4,7-8,16H2,1-2H3,(H,17,18);1H. The molecule has 1 aromatic carbocycles. The van der Waals surface area contributed by atoms with Crippen LogP contribution in [0.25, 0.3) is 0 Å². The number of carbonyl (C=O) groups excluding carboxylic acids is 1. The summed E-state index contributed by atoms with van der Waals surface area (Å²) in [7, 11) is 0. The normalized spacial score (nSPS) is 10.1. The minimum Gasteiger partial charge on any atom is -0.490 e. The maximum absolute atomic E-state index is 12.1. The van der Waals surface area contributed by atoms with Gasteiger partial charge in [-0.2, -0.15) is 0 Å². The molecular formula is C14H22Cl2N2O2. The molecule has 0 saturated carbocycles. The third-order valence-corrected chi connectivity index (χ3v) is 2.70. The van der Waals surface area contributed by atoms with Crippen LogP contribution in [0.2, 0.25) is 5.02 Å². The van der Waals surface area contributed by atoms with E-state index in [4.69, 9.17) is 22.1 Å². The summed E-state index contributed by atoms with van der Waals surface area (Å²) in [5, 5.41) is 3.36. The molecule has 0 aromatic heterocycles. The molecule has 20 heavy (non-hydrogen) atoms. The average Bonchev–Trinajstić information content (AvgIpc) is 2.36. The van der Waals surface area contributed by atoms with Gasteiger partial charge in [0.25, 0.3) is 5.91 Å². The van der Waals surface area contributed by atoms with Crippen LogP contribution in [0.4, 0.5) is 0 Å². The van der Waals surface area contributed by atoms with Crippen molar-refractivity contribution in [3.8, 4) is 5.75 Å². The van der Waals surface area contributed by atoms with Gasteiger partial charge in [0.15, 0.2) is 0 Å². The first-order valence-corrected chi connectivity index (χ1v) is 6.87. The fourth-order valence-electron chi connectivity index (χ4n) is 1.60. The van der Waals surface area contributed by atoms with Gasteiger partial charge in [0, 0.05) is 11.6 Å². The average molecular weight is 321 g/mol. The van der Waals surface area contributed by atoms with E-state index in [2.05, 4.69) is 5.32 Å². The molecule has 1 amide bonds. The van der Waals surface area contributed by atoms with Crippen LogP contribution in [0.5, 0.6) is 5.75 Å². The van der Waals surface area contributed by atoms with E-state index >= 15 is 0 Å². The lowest BCUT2D eigenvalue weighted by Gasteiger charge is -2.14. The second-order valence-corrected chi connectivity index (χ2v) is 5.00. The molecule has 0 saturated heterocycles. The molecule has 0 aliphatic carbocycles. The quantitative estimate of drug-likeness (QED) is 0.759. The van der Waals surface area contributed by atoms with Gasteiger partial charge < -0.3 is 15.8 Å². The minimum atomic E-state index is -0.171. The number of carbonyl (C=O) groups is 1. The molecule has 0 bridgehead atoms. The zero-order chi connectivity index (χ0) is 14.3. The number of nitrogens with two attached hydrogens (primary N) is 1. The smallest absolute Gasteiger partial charge is 0.255 e. The van der Waals surface area contributed by atoms with Crippen LogP contribution in [0, 0.1) is 0 Å². The van der Waals surface area contributed by atoms with Crippen molar-refractivity contribution in [2.45, 2.75) is 32.8 Å². The molecule has 0 spiro atoms. The first-order chi connectivity index (χ1) is 9.04. The van der Waals surface area contributed by atoms with Crippen molar-refractivity contribution in [2.75, 3.05) is 13.1 Å². The minimum absolute atomic E-state index is 0. The maximum atomic E-state index is 12.1. The van der Waals surface area contributed by atoms with Crippen molar-refractivity contribution in [1.29, 1.82) is 0 Å². The lowest BCUT2D eigenvalue weighted by molar-refractivity contribution is 0.0947. The number of hydrogen-bond acceptors (Lipinski definition) is 3. The van der Waals surface area contributed by atoms with Crippen LogP contribution in [-0.2, 0) is 0 Å². The van der Waals surface area contributed by atoms with Gasteiger partial charge in [0.05, 0.1) is 11.7 Å². The molecule has 114 valence electrons. The molecule has 0 atom stereocenters. The predicted octanol–water partition coefficient (Wildman–Crippen LogP) is 3.02. The Morgan fingerprint density at radius 1 is 1.40 bits per heavy atom. The largest absolute Gasteiger partial charge is 0.490 e. The molecule has 0 fully saturated rings. The molecule has 4 nitrogen and oxygen atoms in total. The van der Waals surface area contributed by atoms with Crippen LogP contribution < -0.4 is 15.8 Å². The Hall–Kier alpha value is -0.970. The molecule has 6 heteroatoms. The van der Waals surface area contributed by atoms with Gasteiger partial charge in [-0.1, -0.05) is 11.6 Å². The summed E-state index contributed by atoms with van der Waals surface area (Å²) in [5.74, 6) is 0.380. The molecule has 1 aromatic rings. The molecule has 0 radical (unpaired) electrons. The number of unbranched alkanes of at least 4 members (excludes halogenated alkanes) is 1. The van der Waals surface area contributed by atoms with Crippen molar-refractivity contribution < 1.29 is 9.53 Å². The van der Waals surface area contributed by atoms with Gasteiger partial charge in [0.1, 0.15) is 5.75 Å². The van der Waals surface area contributed by atoms with Crippen molar-refractivity contribution in [2.24, 2.45) is 5.73 Å². The van der Waals surface area contributed by atoms with Crippen LogP contribution in [0.3, 0.4) is 0 Å². The third-order valence-electron chi connectivity index (χ3n) is 2.47. The maximum Gasteiger partial charge on any atom is 0.255 e. The van der Waals surface area contributed by atoms with E-state index in [0.717, 1.165) is 12.8 Å². The number of hydrogen-bond donors (Lipinski definition) is 2. The third kappa shape index (κ3) is 6.46. The van der Waals surface area contributed by atoms with Gasteiger partial charge >= 0.3 is 0 Å². The zero-order valence-corrected chi connectivity index (χ0v) is 13.4. The first-order valence-electron chi connectivity index (χ1n) is 6.49. The van der Waals surface area contributed by atoms with Gasteiger partial charge in [0.2, 0.25) is 0 Å². The Morgan fingerprint density at radius 3 is 2.70 bits per heavy atom. The number of amides is 1. The Bertz CT molecular complexity index is 426. The lowest BCUT2D eigenvalue weighted by atomic mass is 10.1. The van der Waals surface area contributed by atoms with E-state index < -0.39 is 0 Å². The van der Waals surface area contributed by atoms with E-state index in [1.165, 1.54) is 0 Å². The van der Waals surface area contributed by atoms with Gasteiger partial charge in [-0.25, -0.2) is 0 Å². The van der Waals surface area contributed by atoms with Gasteiger partial charge in [-0.05, 0) is 51.4 Å². The van der Waals surface area contributed by atoms with E-state index in [1.54, 1.807) is 18.2 Å². The van der Waals surface area contributed by atoms with Crippen molar-refractivity contribution in [3.05, 3.63) is 28.8 Å². The Kier molecular flexibility index (Phi) is 9.38. The molecule has 0 unspecified atom stereocenters. The second kappa shape index (κ2) is 9.86. The van der Waals surface area contributed by atoms with E-state index in [9.17, 15) is 4.79 Å². The van der Waals surface area contributed by atoms with Crippen molar-refractivity contribution >= 4 is 29.9 Å². The summed E-state index contributed by atoms with van der Waals surface area (Å²) in [4.78, 5) is 12.1. The highest BCUT2D eigenvalue weighted by Gasteiger charge is 2.13. The molecule has 3 N–H and O–H groups in total. The fraction of sp³-hybridized carbons (Fsp3) is 0.500. The molecular weight excluding hydrogens is 299 g/mol. The number of ether oxygens (including phenoxy) is 1. The topological polar surface area (TPSA) is 64.3 Å². The van der Waals surface area contributed by atoms with E-state index in [1.807, 2.05) is 13.8 Å². The van der Waals surface area contributed by atoms with E-state index in [-0.39, 0.29) is 24.4 Å². The van der Waals surface area contributed by atoms with Crippen molar-refractivity contribution in [1.82, 2.24) is 5.32 Å². The summed E-state index contributed by atoms with van der Waals surface area (Å²) in [6.07, 6.45) is 1.76. The molecule has 0 aliphatic rings. The highest BCUT2D eigenvalue weighted by atomic mass is 35.5. The van der Waals surface area contributed by atoms with Crippen molar-refractivity contribution in [3.63, 3.8) is 0 Å². The summed E-state index contributed by atoms with van der Waals surface area (Å²) in [6, 6.07) is 5.05. The van der Waals surface area contributed by atoms with Crippen LogP contribution >= 0.6 is 24.0 Å². The summed E-state index contributed by atoms with van der Waals surface area (Å²) in [6.45, 7) is 5.06. The predicted molar refractivity (Wildman–Crippen MR) is 85.1 cm³/mol. The van der Waals surface area contributed by atoms with Crippen LogP contribution in [0.1, 0.15) is 37.0 Å². The number of halogens is 2. The highest BCUT2D eigenvalue weighted by Crippen LogP contribution is 2.23. The molecule has 0 aliphatic heterocycles. The fourth-order valence-corrected chi connectivity index (χ4v) is 1.77. The van der Waals surface area contributed by atoms with Gasteiger partial charge in [-0.15, -0.1) is 12.4 Å². The SMILES string of the molecule is CC(C)Oc1ccc(Cl)cc1C(=O)NCCCCN.Cl. The Morgan fingerprint density at radius 2 is 2.10 bits per heavy atom. The lowest BCUT2D eigenvalue weighted by Crippen LogP contribution is -2.26. The second-order valence-electron chi connectivity index (χ2n) is 4.56. The Balaban J connectivity index is 0.00000361. The monoisotopic (exact) mass is 320 g/mol. The zero-order valence-electron chi connectivity index (χ0n) is 11.8. The number of nitrogens with one attached hydrogen (secondary N) is 1. The highest BCUT2D eigenvalue weighted by molar-refractivity contribution is 6.31. The van der Waals surface area contributed by atoms with Crippen LogP contribution in [0.15, 0.2) is 18.2 Å². The van der Waals surface area contributed by atoms with Gasteiger partial charge in [-0.3, -0.25) is 4.79 Å². The Labute approximate surface area is 131 Å².